The van der Waals surface area contributed by atoms with E-state index in [1.165, 1.54) is 5.56 Å². The molecule has 10 aromatic rings. The summed E-state index contributed by atoms with van der Waals surface area (Å²) in [6.45, 7) is 0. The highest BCUT2D eigenvalue weighted by atomic mass is 16.5. The number of anilines is 3. The van der Waals surface area contributed by atoms with Crippen LogP contribution in [0, 0.1) is 0 Å². The fourth-order valence-corrected chi connectivity index (χ4v) is 10.1. The van der Waals surface area contributed by atoms with E-state index in [1.54, 1.807) is 0 Å². The lowest BCUT2D eigenvalue weighted by molar-refractivity contribution is 0.478. The molecule has 0 saturated carbocycles. The van der Waals surface area contributed by atoms with Crippen molar-refractivity contribution in [1.82, 2.24) is 24.9 Å². The van der Waals surface area contributed by atoms with Gasteiger partial charge in [-0.3, -0.25) is 19.9 Å². The number of pyridine rings is 5. The molecule has 0 bridgehead atoms. The molecule has 7 heteroatoms. The summed E-state index contributed by atoms with van der Waals surface area (Å²) in [6.07, 6.45) is 11.1. The van der Waals surface area contributed by atoms with Crippen LogP contribution in [0.25, 0.3) is 67.3 Å². The molecule has 1 aliphatic heterocycles. The largest absolute Gasteiger partial charge is 0.452 e. The van der Waals surface area contributed by atoms with E-state index >= 15 is 0 Å². The van der Waals surface area contributed by atoms with Crippen LogP contribution in [-0.4, -0.2) is 24.9 Å². The molecule has 7 nitrogen and oxygen atoms in total. The summed E-state index contributed by atoms with van der Waals surface area (Å²) in [5.41, 5.74) is 18.8. The first-order valence-electron chi connectivity index (χ1n) is 21.0. The molecule has 0 radical (unpaired) electrons. The molecule has 3 aliphatic rings. The molecule has 0 amide bonds. The van der Waals surface area contributed by atoms with Gasteiger partial charge in [0.15, 0.2) is 11.5 Å². The third-order valence-corrected chi connectivity index (χ3v) is 12.8. The van der Waals surface area contributed by atoms with Crippen LogP contribution in [0.15, 0.2) is 207 Å². The Balaban J connectivity index is 1.04. The molecule has 294 valence electrons. The molecule has 1 spiro atoms. The van der Waals surface area contributed by atoms with E-state index in [9.17, 15) is 0 Å². The topological polar surface area (TPSA) is 76.9 Å². The maximum atomic E-state index is 7.06. The van der Waals surface area contributed by atoms with Crippen molar-refractivity contribution in [3.8, 4) is 78.8 Å². The van der Waals surface area contributed by atoms with Crippen molar-refractivity contribution in [3.05, 3.63) is 229 Å². The van der Waals surface area contributed by atoms with Crippen molar-refractivity contribution in [2.24, 2.45) is 0 Å². The summed E-state index contributed by atoms with van der Waals surface area (Å²) in [6, 6.07) is 59.7. The van der Waals surface area contributed by atoms with Gasteiger partial charge in [0.05, 0.1) is 39.6 Å². The smallest absolute Gasteiger partial charge is 0.159 e. The van der Waals surface area contributed by atoms with E-state index < -0.39 is 5.41 Å². The average molecular weight is 807 g/mol. The van der Waals surface area contributed by atoms with E-state index in [4.69, 9.17) is 19.7 Å². The molecule has 6 heterocycles. The van der Waals surface area contributed by atoms with Crippen molar-refractivity contribution in [2.75, 3.05) is 4.90 Å². The Hall–Kier alpha value is -8.55. The summed E-state index contributed by atoms with van der Waals surface area (Å²) in [5.74, 6) is 1.64. The Labute approximate surface area is 363 Å². The molecule has 13 rings (SSSR count). The van der Waals surface area contributed by atoms with Crippen LogP contribution in [0.3, 0.4) is 0 Å². The van der Waals surface area contributed by atoms with Gasteiger partial charge in [-0.05, 0) is 118 Å². The van der Waals surface area contributed by atoms with Gasteiger partial charge in [0, 0.05) is 70.7 Å². The van der Waals surface area contributed by atoms with Crippen molar-refractivity contribution in [1.29, 1.82) is 0 Å². The summed E-state index contributed by atoms with van der Waals surface area (Å²) >= 11 is 0. The first-order valence-corrected chi connectivity index (χ1v) is 21.0. The van der Waals surface area contributed by atoms with E-state index in [0.29, 0.717) is 0 Å². The highest BCUT2D eigenvalue weighted by molar-refractivity contribution is 6.01. The summed E-state index contributed by atoms with van der Waals surface area (Å²) in [5, 5.41) is 0. The molecule has 1 unspecified atom stereocenters. The Bertz CT molecular complexity index is 3390. The summed E-state index contributed by atoms with van der Waals surface area (Å²) in [4.78, 5) is 26.4. The van der Waals surface area contributed by atoms with E-state index in [0.717, 1.165) is 113 Å². The molecule has 5 aromatic carbocycles. The molecular formula is C56H34N6O. The Kier molecular flexibility index (Phi) is 7.68. The molecule has 5 aromatic heterocycles. The zero-order valence-corrected chi connectivity index (χ0v) is 33.7. The van der Waals surface area contributed by atoms with Crippen LogP contribution < -0.4 is 9.64 Å². The second-order valence-corrected chi connectivity index (χ2v) is 16.0. The number of fused-ring (bicyclic) bond motifs is 13. The lowest BCUT2D eigenvalue weighted by atomic mass is 9.70. The van der Waals surface area contributed by atoms with Gasteiger partial charge >= 0.3 is 0 Å². The molecule has 63 heavy (non-hydrogen) atoms. The quantitative estimate of drug-likeness (QED) is 0.171. The summed E-state index contributed by atoms with van der Waals surface area (Å²) < 4.78 is 7.06. The number of benzene rings is 5. The Morgan fingerprint density at radius 2 is 1.06 bits per heavy atom. The second-order valence-electron chi connectivity index (χ2n) is 16.0. The normalized spacial score (nSPS) is 14.8. The number of para-hydroxylation sites is 3. The maximum Gasteiger partial charge on any atom is 0.159 e. The number of rotatable bonds is 5. The average Bonchev–Trinajstić information content (AvgIpc) is 3.83. The molecule has 1 atom stereocenters. The maximum absolute atomic E-state index is 7.06. The van der Waals surface area contributed by atoms with Crippen molar-refractivity contribution >= 4 is 17.1 Å². The fourth-order valence-electron chi connectivity index (χ4n) is 10.1. The van der Waals surface area contributed by atoms with Crippen LogP contribution in [0.2, 0.25) is 0 Å². The van der Waals surface area contributed by atoms with Crippen molar-refractivity contribution in [2.45, 2.75) is 5.41 Å². The van der Waals surface area contributed by atoms with Crippen LogP contribution in [0.4, 0.5) is 17.1 Å². The lowest BCUT2D eigenvalue weighted by Crippen LogP contribution is -2.26. The van der Waals surface area contributed by atoms with Crippen molar-refractivity contribution in [3.63, 3.8) is 0 Å². The third kappa shape index (κ3) is 5.17. The van der Waals surface area contributed by atoms with Gasteiger partial charge in [-0.15, -0.1) is 0 Å². The summed E-state index contributed by atoms with van der Waals surface area (Å²) in [7, 11) is 0. The van der Waals surface area contributed by atoms with Gasteiger partial charge in [0.25, 0.3) is 0 Å². The minimum Gasteiger partial charge on any atom is -0.452 e. The van der Waals surface area contributed by atoms with Gasteiger partial charge in [-0.1, -0.05) is 91.0 Å². The Morgan fingerprint density at radius 3 is 1.83 bits per heavy atom. The van der Waals surface area contributed by atoms with Gasteiger partial charge in [-0.2, -0.15) is 0 Å². The van der Waals surface area contributed by atoms with Crippen molar-refractivity contribution < 1.29 is 4.74 Å². The molecule has 0 N–H and O–H groups in total. The zero-order valence-electron chi connectivity index (χ0n) is 33.7. The van der Waals surface area contributed by atoms with Crippen LogP contribution in [0.1, 0.15) is 22.3 Å². The van der Waals surface area contributed by atoms with Crippen LogP contribution >= 0.6 is 0 Å². The van der Waals surface area contributed by atoms with Crippen LogP contribution in [-0.2, 0) is 5.41 Å². The molecule has 0 saturated heterocycles. The first kappa shape index (κ1) is 35.2. The van der Waals surface area contributed by atoms with Gasteiger partial charge < -0.3 is 9.64 Å². The lowest BCUT2D eigenvalue weighted by Gasteiger charge is -2.35. The fraction of sp³-hybridized carbons (Fsp3) is 0.0179. The predicted octanol–water partition coefficient (Wildman–Crippen LogP) is 13.2. The highest BCUT2D eigenvalue weighted by Crippen LogP contribution is 2.66. The standard InChI is InChI=1S/C56H34N6O/c1-2-11-39(12-3-1)62-49-18-8-9-19-51(49)63-55-50(62)21-20-44-52(55)42-15-6-7-16-43(42)56(44)45-17-10-26-59-53(45)54-46(56)31-38(34-60-54)41-14-5-4-13-40(41)37-32-47(35-22-27-57-28-23-35)61-48(33-37)36-24-29-58-30-25-36/h1-34H. The van der Waals surface area contributed by atoms with E-state index in [-0.39, 0.29) is 0 Å². The number of nitrogens with zero attached hydrogens (tertiary/aromatic N) is 6. The second kappa shape index (κ2) is 13.7. The third-order valence-electron chi connectivity index (χ3n) is 12.8. The van der Waals surface area contributed by atoms with Crippen LogP contribution in [0.5, 0.6) is 11.5 Å². The van der Waals surface area contributed by atoms with Gasteiger partial charge in [0.2, 0.25) is 0 Å². The van der Waals surface area contributed by atoms with Gasteiger partial charge in [0.1, 0.15) is 0 Å². The number of hydrogen-bond acceptors (Lipinski definition) is 7. The number of hydrogen-bond donors (Lipinski definition) is 0. The monoisotopic (exact) mass is 806 g/mol. The van der Waals surface area contributed by atoms with Gasteiger partial charge in [-0.25, -0.2) is 4.98 Å². The molecule has 2 aliphatic carbocycles. The van der Waals surface area contributed by atoms with E-state index in [1.807, 2.05) is 67.5 Å². The molecular weight excluding hydrogens is 773 g/mol. The Morgan fingerprint density at radius 1 is 0.429 bits per heavy atom. The predicted molar refractivity (Wildman–Crippen MR) is 248 cm³/mol. The minimum atomic E-state index is -0.713. The zero-order chi connectivity index (χ0) is 41.5. The molecule has 0 fully saturated rings. The minimum absolute atomic E-state index is 0.713. The number of aromatic nitrogens is 5. The van der Waals surface area contributed by atoms with E-state index in [2.05, 4.69) is 154 Å². The SMILES string of the molecule is c1ccc(N2c3ccccc3Oc3c2ccc2c3-c3ccccc3C23c2cccnc2-c2ncc(-c4ccccc4-c4cc(-c5ccncc5)nc(-c5ccncc5)c4)cc23)cc1. The number of ether oxygens (including phenoxy) is 1. The first-order chi connectivity index (χ1) is 31.3. The highest BCUT2D eigenvalue weighted by Gasteiger charge is 2.54.